The van der Waals surface area contributed by atoms with Gasteiger partial charge in [-0.3, -0.25) is 9.69 Å². The number of carbonyl (C=O) groups excluding carboxylic acids is 1. The highest BCUT2D eigenvalue weighted by molar-refractivity contribution is 5.94. The minimum atomic E-state index is -4.18. The van der Waals surface area contributed by atoms with E-state index >= 15 is 0 Å². The smallest absolute Gasteiger partial charge is 0.357 e. The van der Waals surface area contributed by atoms with Crippen LogP contribution < -0.4 is 16.0 Å². The van der Waals surface area contributed by atoms with Gasteiger partial charge in [0.1, 0.15) is 0 Å². The second kappa shape index (κ2) is 9.59. The molecule has 1 fully saturated rings. The van der Waals surface area contributed by atoms with E-state index in [-0.39, 0.29) is 11.9 Å². The first-order valence-corrected chi connectivity index (χ1v) is 8.95. The Balaban J connectivity index is 1.96. The average molecular weight is 385 g/mol. The van der Waals surface area contributed by atoms with Crippen LogP contribution in [0.2, 0.25) is 0 Å². The first-order valence-electron chi connectivity index (χ1n) is 8.95. The molecule has 0 bridgehead atoms. The van der Waals surface area contributed by atoms with Crippen LogP contribution in [0.5, 0.6) is 0 Å². The zero-order chi connectivity index (χ0) is 19.9. The van der Waals surface area contributed by atoms with Gasteiger partial charge in [-0.2, -0.15) is 13.2 Å². The summed E-state index contributed by atoms with van der Waals surface area (Å²) >= 11 is 0. The molecule has 1 unspecified atom stereocenters. The summed E-state index contributed by atoms with van der Waals surface area (Å²) in [7, 11) is 1.57. The first-order chi connectivity index (χ1) is 12.8. The number of hydrogen-bond donors (Lipinski definition) is 3. The number of guanidine groups is 1. The van der Waals surface area contributed by atoms with Gasteiger partial charge < -0.3 is 16.0 Å². The molecule has 1 aliphatic rings. The van der Waals surface area contributed by atoms with Gasteiger partial charge in [-0.05, 0) is 31.0 Å². The SMILES string of the molecule is CCNC(=NCc1cccc(C(=O)NC)c1)NC1CCN(CC(F)(F)F)C1. The molecule has 2 rings (SSSR count). The third-order valence-electron chi connectivity index (χ3n) is 4.20. The Morgan fingerprint density at radius 1 is 1.37 bits per heavy atom. The van der Waals surface area contributed by atoms with Crippen LogP contribution in [0.25, 0.3) is 0 Å². The lowest BCUT2D eigenvalue weighted by molar-refractivity contribution is -0.143. The van der Waals surface area contributed by atoms with Crippen LogP contribution in [-0.2, 0) is 6.54 Å². The maximum atomic E-state index is 12.5. The summed E-state index contributed by atoms with van der Waals surface area (Å²) < 4.78 is 37.5. The number of nitrogens with one attached hydrogen (secondary N) is 3. The molecule has 1 aromatic carbocycles. The van der Waals surface area contributed by atoms with E-state index in [4.69, 9.17) is 0 Å². The zero-order valence-corrected chi connectivity index (χ0v) is 15.6. The van der Waals surface area contributed by atoms with E-state index in [0.717, 1.165) is 5.56 Å². The molecular formula is C18H26F3N5O. The van der Waals surface area contributed by atoms with Crippen molar-refractivity contribution in [3.8, 4) is 0 Å². The van der Waals surface area contributed by atoms with Crippen molar-refractivity contribution in [2.45, 2.75) is 32.1 Å². The van der Waals surface area contributed by atoms with Gasteiger partial charge in [-0.25, -0.2) is 4.99 Å². The third-order valence-corrected chi connectivity index (χ3v) is 4.20. The molecule has 0 saturated carbocycles. The number of amides is 1. The molecule has 0 radical (unpaired) electrons. The summed E-state index contributed by atoms with van der Waals surface area (Å²) in [5.41, 5.74) is 1.43. The van der Waals surface area contributed by atoms with Crippen LogP contribution in [0.4, 0.5) is 13.2 Å². The van der Waals surface area contributed by atoms with Crippen LogP contribution in [0, 0.1) is 0 Å². The Morgan fingerprint density at radius 2 is 2.15 bits per heavy atom. The van der Waals surface area contributed by atoms with Crippen molar-refractivity contribution in [2.75, 3.05) is 33.2 Å². The summed E-state index contributed by atoms with van der Waals surface area (Å²) in [6.45, 7) is 2.78. The second-order valence-electron chi connectivity index (χ2n) is 6.45. The van der Waals surface area contributed by atoms with E-state index < -0.39 is 12.7 Å². The van der Waals surface area contributed by atoms with Crippen LogP contribution >= 0.6 is 0 Å². The number of rotatable bonds is 6. The van der Waals surface area contributed by atoms with E-state index in [1.807, 2.05) is 13.0 Å². The number of hydrogen-bond acceptors (Lipinski definition) is 3. The van der Waals surface area contributed by atoms with Crippen molar-refractivity contribution in [2.24, 2.45) is 4.99 Å². The lowest BCUT2D eigenvalue weighted by atomic mass is 10.1. The molecule has 1 heterocycles. The lowest BCUT2D eigenvalue weighted by Gasteiger charge is -2.19. The normalized spacial score (nSPS) is 18.4. The average Bonchev–Trinajstić information content (AvgIpc) is 3.04. The fourth-order valence-corrected chi connectivity index (χ4v) is 2.99. The van der Waals surface area contributed by atoms with Gasteiger partial charge in [0.2, 0.25) is 0 Å². The van der Waals surface area contributed by atoms with Crippen molar-refractivity contribution in [1.29, 1.82) is 0 Å². The number of alkyl halides is 3. The van der Waals surface area contributed by atoms with E-state index in [1.165, 1.54) is 4.90 Å². The van der Waals surface area contributed by atoms with Gasteiger partial charge in [-0.1, -0.05) is 12.1 Å². The summed E-state index contributed by atoms with van der Waals surface area (Å²) in [4.78, 5) is 17.6. The number of benzene rings is 1. The van der Waals surface area contributed by atoms with Crippen LogP contribution in [0.3, 0.4) is 0 Å². The number of aliphatic imine (C=N–C) groups is 1. The highest BCUT2D eigenvalue weighted by Gasteiger charge is 2.34. The molecule has 1 saturated heterocycles. The Morgan fingerprint density at radius 3 is 2.81 bits per heavy atom. The fraction of sp³-hybridized carbons (Fsp3) is 0.556. The van der Waals surface area contributed by atoms with E-state index in [1.54, 1.807) is 25.2 Å². The van der Waals surface area contributed by atoms with Crippen molar-refractivity contribution in [3.63, 3.8) is 0 Å². The highest BCUT2D eigenvalue weighted by Crippen LogP contribution is 2.19. The van der Waals surface area contributed by atoms with Crippen LogP contribution in [-0.4, -0.2) is 62.2 Å². The molecular weight excluding hydrogens is 359 g/mol. The van der Waals surface area contributed by atoms with E-state index in [0.29, 0.717) is 44.1 Å². The molecule has 0 aliphatic carbocycles. The largest absolute Gasteiger partial charge is 0.401 e. The van der Waals surface area contributed by atoms with E-state index in [9.17, 15) is 18.0 Å². The first kappa shape index (κ1) is 21.0. The number of carbonyl (C=O) groups is 1. The van der Waals surface area contributed by atoms with Crippen molar-refractivity contribution < 1.29 is 18.0 Å². The summed E-state index contributed by atoms with van der Waals surface area (Å²) in [6.07, 6.45) is -3.55. The Kier molecular flexibility index (Phi) is 7.46. The van der Waals surface area contributed by atoms with E-state index in [2.05, 4.69) is 20.9 Å². The van der Waals surface area contributed by atoms with Crippen LogP contribution in [0.15, 0.2) is 29.3 Å². The maximum Gasteiger partial charge on any atom is 0.401 e. The molecule has 0 spiro atoms. The molecule has 1 atom stereocenters. The van der Waals surface area contributed by atoms with Crippen molar-refractivity contribution >= 4 is 11.9 Å². The Bertz CT molecular complexity index is 663. The third kappa shape index (κ3) is 7.09. The van der Waals surface area contributed by atoms with Gasteiger partial charge in [0.15, 0.2) is 5.96 Å². The predicted octanol–water partition coefficient (Wildman–Crippen LogP) is 1.74. The van der Waals surface area contributed by atoms with Gasteiger partial charge in [0, 0.05) is 38.3 Å². The van der Waals surface area contributed by atoms with Gasteiger partial charge in [0.05, 0.1) is 13.1 Å². The van der Waals surface area contributed by atoms with Crippen molar-refractivity contribution in [3.05, 3.63) is 35.4 Å². The van der Waals surface area contributed by atoms with Crippen LogP contribution in [0.1, 0.15) is 29.3 Å². The Labute approximate surface area is 157 Å². The molecule has 9 heteroatoms. The predicted molar refractivity (Wildman–Crippen MR) is 98.7 cm³/mol. The minimum absolute atomic E-state index is 0.0812. The Hall–Kier alpha value is -2.29. The molecule has 27 heavy (non-hydrogen) atoms. The van der Waals surface area contributed by atoms with Gasteiger partial charge >= 0.3 is 6.18 Å². The molecule has 6 nitrogen and oxygen atoms in total. The number of nitrogens with zero attached hydrogens (tertiary/aromatic N) is 2. The van der Waals surface area contributed by atoms with Gasteiger partial charge in [-0.15, -0.1) is 0 Å². The molecule has 1 aromatic rings. The number of likely N-dealkylation sites (tertiary alicyclic amines) is 1. The standard InChI is InChI=1S/C18H26F3N5O/c1-3-23-17(25-15-7-8-26(11-15)12-18(19,20)21)24-10-13-5-4-6-14(9-13)16(27)22-2/h4-6,9,15H,3,7-8,10-12H2,1-2H3,(H,22,27)(H2,23,24,25). The monoisotopic (exact) mass is 385 g/mol. The quantitative estimate of drug-likeness (QED) is 0.515. The molecule has 1 aliphatic heterocycles. The summed E-state index contributed by atoms with van der Waals surface area (Å²) in [5.74, 6) is 0.392. The second-order valence-corrected chi connectivity index (χ2v) is 6.45. The molecule has 1 amide bonds. The highest BCUT2D eigenvalue weighted by atomic mass is 19.4. The zero-order valence-electron chi connectivity index (χ0n) is 15.6. The minimum Gasteiger partial charge on any atom is -0.357 e. The van der Waals surface area contributed by atoms with Crippen molar-refractivity contribution in [1.82, 2.24) is 20.9 Å². The lowest BCUT2D eigenvalue weighted by Crippen LogP contribution is -2.45. The molecule has 0 aromatic heterocycles. The molecule has 3 N–H and O–H groups in total. The maximum absolute atomic E-state index is 12.5. The summed E-state index contributed by atoms with van der Waals surface area (Å²) in [5, 5.41) is 8.89. The summed E-state index contributed by atoms with van der Waals surface area (Å²) in [6, 6.07) is 7.08. The topological polar surface area (TPSA) is 68.8 Å². The van der Waals surface area contributed by atoms with Gasteiger partial charge in [0.25, 0.3) is 5.91 Å². The molecule has 150 valence electrons. The fourth-order valence-electron chi connectivity index (χ4n) is 2.99. The number of halogens is 3.